The Morgan fingerprint density at radius 3 is 2.29 bits per heavy atom. The van der Waals surface area contributed by atoms with Crippen LogP contribution in [-0.4, -0.2) is 41.2 Å². The van der Waals surface area contributed by atoms with Crippen molar-refractivity contribution in [1.29, 1.82) is 0 Å². The van der Waals surface area contributed by atoms with Gasteiger partial charge in [-0.1, -0.05) is 0 Å². The highest BCUT2D eigenvalue weighted by molar-refractivity contribution is 4.88. The van der Waals surface area contributed by atoms with Gasteiger partial charge in [0.15, 0.2) is 0 Å². The molecule has 0 spiro atoms. The third-order valence-electron chi connectivity index (χ3n) is 2.91. The Morgan fingerprint density at radius 2 is 1.93 bits per heavy atom. The van der Waals surface area contributed by atoms with Gasteiger partial charge in [-0.25, -0.2) is 8.78 Å². The van der Waals surface area contributed by atoms with Gasteiger partial charge in [0.05, 0.1) is 0 Å². The number of nitrogens with zero attached hydrogens (tertiary/aromatic N) is 1. The van der Waals surface area contributed by atoms with Gasteiger partial charge in [0.2, 0.25) is 0 Å². The lowest BCUT2D eigenvalue weighted by atomic mass is 10.0. The number of aliphatic hydroxyl groups excluding tert-OH is 1. The van der Waals surface area contributed by atoms with E-state index in [-0.39, 0.29) is 11.5 Å². The zero-order valence-corrected chi connectivity index (χ0v) is 9.00. The fourth-order valence-electron chi connectivity index (χ4n) is 1.88. The minimum atomic E-state index is -2.61. The number of hydrogen-bond acceptors (Lipinski definition) is 2. The molecule has 1 aliphatic rings. The maximum atomic E-state index is 12.2. The molecule has 1 rings (SSSR count). The van der Waals surface area contributed by atoms with Crippen molar-refractivity contribution in [2.75, 3.05) is 13.1 Å². The first kappa shape index (κ1) is 11.9. The summed E-state index contributed by atoms with van der Waals surface area (Å²) in [4.78, 5) is 2.14. The van der Waals surface area contributed by atoms with Crippen LogP contribution >= 0.6 is 0 Å². The lowest BCUT2D eigenvalue weighted by Gasteiger charge is -2.32. The Kier molecular flexibility index (Phi) is 3.48. The summed E-state index contributed by atoms with van der Waals surface area (Å²) in [5.41, 5.74) is 0.0105. The highest BCUT2D eigenvalue weighted by atomic mass is 19.3. The van der Waals surface area contributed by atoms with Crippen molar-refractivity contribution < 1.29 is 13.9 Å². The van der Waals surface area contributed by atoms with Crippen LogP contribution in [0.2, 0.25) is 0 Å². The third kappa shape index (κ3) is 2.64. The predicted molar refractivity (Wildman–Crippen MR) is 51.4 cm³/mol. The molecule has 1 aliphatic heterocycles. The van der Waals surface area contributed by atoms with Gasteiger partial charge < -0.3 is 5.11 Å². The second kappa shape index (κ2) is 4.11. The molecule has 0 amide bonds. The zero-order valence-electron chi connectivity index (χ0n) is 9.00. The fourth-order valence-corrected chi connectivity index (χ4v) is 1.88. The molecular weight excluding hydrogens is 188 g/mol. The summed E-state index contributed by atoms with van der Waals surface area (Å²) in [5.74, 6) is -0.269. The van der Waals surface area contributed by atoms with E-state index < -0.39 is 12.5 Å². The normalized spacial score (nSPS) is 27.2. The van der Waals surface area contributed by atoms with Crippen molar-refractivity contribution in [2.45, 2.75) is 45.3 Å². The van der Waals surface area contributed by atoms with E-state index in [4.69, 9.17) is 0 Å². The van der Waals surface area contributed by atoms with Gasteiger partial charge in [-0.2, -0.15) is 0 Å². The van der Waals surface area contributed by atoms with Gasteiger partial charge in [-0.05, 0) is 33.7 Å². The smallest absolute Gasteiger partial charge is 0.264 e. The van der Waals surface area contributed by atoms with Crippen molar-refractivity contribution in [3.63, 3.8) is 0 Å². The van der Waals surface area contributed by atoms with E-state index in [0.29, 0.717) is 13.0 Å². The molecule has 0 radical (unpaired) electrons. The van der Waals surface area contributed by atoms with E-state index in [2.05, 4.69) is 25.7 Å². The van der Waals surface area contributed by atoms with E-state index in [1.165, 1.54) is 0 Å². The molecule has 84 valence electrons. The van der Waals surface area contributed by atoms with E-state index in [1.807, 2.05) is 0 Å². The summed E-state index contributed by atoms with van der Waals surface area (Å²) in [6, 6.07) is 0. The first-order valence-electron chi connectivity index (χ1n) is 5.03. The van der Waals surface area contributed by atoms with Gasteiger partial charge in [0, 0.05) is 18.0 Å². The van der Waals surface area contributed by atoms with Crippen LogP contribution in [0, 0.1) is 5.92 Å². The predicted octanol–water partition coefficient (Wildman–Crippen LogP) is 1.73. The van der Waals surface area contributed by atoms with E-state index in [0.717, 1.165) is 6.54 Å². The molecule has 0 saturated carbocycles. The molecule has 0 aromatic carbocycles. The fraction of sp³-hybridized carbons (Fsp3) is 1.00. The summed E-state index contributed by atoms with van der Waals surface area (Å²) in [6.45, 7) is 7.56. The molecule has 2 atom stereocenters. The SMILES string of the molecule is CC(C)(C)N1CCC(C(O)C(F)F)C1. The number of halogens is 2. The van der Waals surface area contributed by atoms with E-state index in [9.17, 15) is 13.9 Å². The van der Waals surface area contributed by atoms with Crippen molar-refractivity contribution in [1.82, 2.24) is 4.90 Å². The molecule has 1 saturated heterocycles. The largest absolute Gasteiger partial charge is 0.387 e. The van der Waals surface area contributed by atoms with Gasteiger partial charge in [-0.15, -0.1) is 0 Å². The maximum Gasteiger partial charge on any atom is 0.264 e. The van der Waals surface area contributed by atoms with Crippen LogP contribution in [0.4, 0.5) is 8.78 Å². The van der Waals surface area contributed by atoms with Crippen molar-refractivity contribution in [2.24, 2.45) is 5.92 Å². The number of aliphatic hydroxyl groups is 1. The Balaban J connectivity index is 2.49. The van der Waals surface area contributed by atoms with Gasteiger partial charge in [0.1, 0.15) is 6.10 Å². The second-order valence-electron chi connectivity index (χ2n) is 4.99. The van der Waals surface area contributed by atoms with Crippen LogP contribution < -0.4 is 0 Å². The average Bonchev–Trinajstić information content (AvgIpc) is 2.49. The molecule has 1 fully saturated rings. The molecular formula is C10H19F2NO. The van der Waals surface area contributed by atoms with Crippen LogP contribution in [0.15, 0.2) is 0 Å². The number of hydrogen-bond donors (Lipinski definition) is 1. The Bertz CT molecular complexity index is 191. The zero-order chi connectivity index (χ0) is 10.9. The molecule has 4 heteroatoms. The second-order valence-corrected chi connectivity index (χ2v) is 4.99. The summed E-state index contributed by atoms with van der Waals surface area (Å²) in [6.07, 6.45) is -3.40. The van der Waals surface area contributed by atoms with Gasteiger partial charge in [0.25, 0.3) is 6.43 Å². The molecule has 2 unspecified atom stereocenters. The Labute approximate surface area is 83.9 Å². The molecule has 0 aliphatic carbocycles. The lowest BCUT2D eigenvalue weighted by Crippen LogP contribution is -2.41. The summed E-state index contributed by atoms with van der Waals surface area (Å²) in [5, 5.41) is 9.23. The van der Waals surface area contributed by atoms with Crippen LogP contribution in [-0.2, 0) is 0 Å². The Morgan fingerprint density at radius 1 is 1.36 bits per heavy atom. The molecule has 1 heterocycles. The van der Waals surface area contributed by atoms with Gasteiger partial charge in [-0.3, -0.25) is 4.90 Å². The maximum absolute atomic E-state index is 12.2. The van der Waals surface area contributed by atoms with Crippen molar-refractivity contribution >= 4 is 0 Å². The minimum absolute atomic E-state index is 0.0105. The quantitative estimate of drug-likeness (QED) is 0.745. The van der Waals surface area contributed by atoms with E-state index in [1.54, 1.807) is 0 Å². The molecule has 2 nitrogen and oxygen atoms in total. The first-order valence-corrected chi connectivity index (χ1v) is 5.03. The van der Waals surface area contributed by atoms with Crippen molar-refractivity contribution in [3.05, 3.63) is 0 Å². The standard InChI is InChI=1S/C10H19F2NO/c1-10(2,3)13-5-4-7(6-13)8(14)9(11)12/h7-9,14H,4-6H2,1-3H3. The first-order chi connectivity index (χ1) is 6.32. The highest BCUT2D eigenvalue weighted by Gasteiger charge is 2.36. The highest BCUT2D eigenvalue weighted by Crippen LogP contribution is 2.28. The van der Waals surface area contributed by atoms with Crippen LogP contribution in [0.5, 0.6) is 0 Å². The molecule has 14 heavy (non-hydrogen) atoms. The van der Waals surface area contributed by atoms with Gasteiger partial charge >= 0.3 is 0 Å². The monoisotopic (exact) mass is 207 g/mol. The third-order valence-corrected chi connectivity index (χ3v) is 2.91. The number of rotatable bonds is 2. The molecule has 0 aromatic rings. The number of alkyl halides is 2. The van der Waals surface area contributed by atoms with Crippen LogP contribution in [0.25, 0.3) is 0 Å². The Hall–Kier alpha value is -0.220. The van der Waals surface area contributed by atoms with E-state index >= 15 is 0 Å². The molecule has 1 N–H and O–H groups in total. The number of likely N-dealkylation sites (tertiary alicyclic amines) is 1. The summed E-state index contributed by atoms with van der Waals surface area (Å²) >= 11 is 0. The van der Waals surface area contributed by atoms with Crippen LogP contribution in [0.3, 0.4) is 0 Å². The molecule has 0 aromatic heterocycles. The van der Waals surface area contributed by atoms with Crippen LogP contribution in [0.1, 0.15) is 27.2 Å². The minimum Gasteiger partial charge on any atom is -0.387 e. The summed E-state index contributed by atoms with van der Waals surface area (Å²) < 4.78 is 24.5. The topological polar surface area (TPSA) is 23.5 Å². The lowest BCUT2D eigenvalue weighted by molar-refractivity contribution is -0.0377. The van der Waals surface area contributed by atoms with Crippen molar-refractivity contribution in [3.8, 4) is 0 Å². The molecule has 0 bridgehead atoms. The summed E-state index contributed by atoms with van der Waals surface area (Å²) in [7, 11) is 0. The average molecular weight is 207 g/mol.